The van der Waals surface area contributed by atoms with Crippen molar-refractivity contribution in [1.29, 1.82) is 0 Å². The average Bonchev–Trinajstić information content (AvgIpc) is 3.07. The molecule has 0 bridgehead atoms. The van der Waals surface area contributed by atoms with Crippen molar-refractivity contribution in [2.75, 3.05) is 19.5 Å². The third kappa shape index (κ3) is 4.15. The number of methoxy groups -OCH3 is 1. The number of ether oxygens (including phenoxy) is 2. The lowest BCUT2D eigenvalue weighted by Gasteiger charge is -2.23. The van der Waals surface area contributed by atoms with Gasteiger partial charge in [-0.25, -0.2) is 4.79 Å². The van der Waals surface area contributed by atoms with Crippen molar-refractivity contribution < 1.29 is 27.5 Å². The van der Waals surface area contributed by atoms with Gasteiger partial charge in [-0.1, -0.05) is 0 Å². The van der Waals surface area contributed by atoms with E-state index in [9.17, 15) is 13.6 Å². The summed E-state index contributed by atoms with van der Waals surface area (Å²) in [7, 11) is 2.94. The Kier molecular flexibility index (Phi) is 5.62. The smallest absolute Gasteiger partial charge is 0.387 e. The van der Waals surface area contributed by atoms with Crippen LogP contribution < -0.4 is 14.8 Å². The van der Waals surface area contributed by atoms with E-state index in [-0.39, 0.29) is 17.5 Å². The van der Waals surface area contributed by atoms with Gasteiger partial charge in [0.2, 0.25) is 0 Å². The number of nitrogens with one attached hydrogen (secondary N) is 1. The number of benzene rings is 1. The van der Waals surface area contributed by atoms with E-state index in [1.807, 2.05) is 0 Å². The fourth-order valence-electron chi connectivity index (χ4n) is 2.05. The summed E-state index contributed by atoms with van der Waals surface area (Å²) in [5.41, 5.74) is 0.301. The summed E-state index contributed by atoms with van der Waals surface area (Å²) in [6, 6.07) is 7.01. The van der Waals surface area contributed by atoms with Crippen LogP contribution in [0.3, 0.4) is 0 Å². The first kappa shape index (κ1) is 17.6. The molecule has 6 nitrogen and oxygen atoms in total. The van der Waals surface area contributed by atoms with Crippen LogP contribution in [0.1, 0.15) is 18.7 Å². The zero-order valence-corrected chi connectivity index (χ0v) is 13.5. The molecule has 1 aromatic carbocycles. The highest BCUT2D eigenvalue weighted by atomic mass is 19.3. The molecule has 0 fully saturated rings. The summed E-state index contributed by atoms with van der Waals surface area (Å²) >= 11 is 0. The number of amides is 2. The van der Waals surface area contributed by atoms with Crippen LogP contribution in [0.15, 0.2) is 41.0 Å². The van der Waals surface area contributed by atoms with Gasteiger partial charge in [-0.2, -0.15) is 8.78 Å². The van der Waals surface area contributed by atoms with Crippen LogP contribution in [0.2, 0.25) is 0 Å². The number of urea groups is 1. The third-order valence-electron chi connectivity index (χ3n) is 3.49. The summed E-state index contributed by atoms with van der Waals surface area (Å²) in [5.74, 6) is 0.613. The second kappa shape index (κ2) is 7.67. The van der Waals surface area contributed by atoms with Crippen LogP contribution in [-0.4, -0.2) is 31.7 Å². The van der Waals surface area contributed by atoms with Gasteiger partial charge in [-0.3, -0.25) is 0 Å². The summed E-state index contributed by atoms with van der Waals surface area (Å²) in [4.78, 5) is 13.7. The molecule has 1 aromatic heterocycles. The van der Waals surface area contributed by atoms with E-state index in [1.165, 1.54) is 36.5 Å². The number of hydrogen-bond acceptors (Lipinski definition) is 4. The Morgan fingerprint density at radius 1 is 1.29 bits per heavy atom. The molecular weight excluding hydrogens is 322 g/mol. The van der Waals surface area contributed by atoms with Gasteiger partial charge in [0.1, 0.15) is 5.76 Å². The number of anilines is 1. The Hall–Kier alpha value is -2.77. The van der Waals surface area contributed by atoms with E-state index in [4.69, 9.17) is 9.15 Å². The summed E-state index contributed by atoms with van der Waals surface area (Å²) in [6.07, 6.45) is 1.52. The predicted molar refractivity (Wildman–Crippen MR) is 83.5 cm³/mol. The van der Waals surface area contributed by atoms with Crippen LogP contribution in [0.5, 0.6) is 11.5 Å². The number of carbonyl (C=O) groups is 1. The molecule has 0 saturated carbocycles. The molecule has 2 amide bonds. The molecular formula is C16H18F2N2O4. The Balaban J connectivity index is 2.10. The van der Waals surface area contributed by atoms with Gasteiger partial charge in [0, 0.05) is 18.8 Å². The topological polar surface area (TPSA) is 63.9 Å². The molecule has 1 atom stereocenters. The van der Waals surface area contributed by atoms with Crippen molar-refractivity contribution in [3.63, 3.8) is 0 Å². The zero-order chi connectivity index (χ0) is 17.7. The van der Waals surface area contributed by atoms with Crippen molar-refractivity contribution in [3.8, 4) is 11.5 Å². The van der Waals surface area contributed by atoms with Gasteiger partial charge in [0.15, 0.2) is 11.5 Å². The Labute approximate surface area is 138 Å². The van der Waals surface area contributed by atoms with Crippen LogP contribution in [0.4, 0.5) is 19.3 Å². The molecule has 1 N–H and O–H groups in total. The molecule has 1 unspecified atom stereocenters. The maximum atomic E-state index is 12.4. The quantitative estimate of drug-likeness (QED) is 0.859. The summed E-state index contributed by atoms with van der Waals surface area (Å²) in [5, 5.41) is 2.61. The molecule has 8 heteroatoms. The van der Waals surface area contributed by atoms with Crippen molar-refractivity contribution >= 4 is 11.7 Å². The van der Waals surface area contributed by atoms with Crippen molar-refractivity contribution in [2.45, 2.75) is 19.6 Å². The highest BCUT2D eigenvalue weighted by molar-refractivity contribution is 5.89. The molecule has 1 heterocycles. The van der Waals surface area contributed by atoms with E-state index < -0.39 is 12.6 Å². The van der Waals surface area contributed by atoms with Crippen molar-refractivity contribution in [3.05, 3.63) is 42.4 Å². The predicted octanol–water partition coefficient (Wildman–Crippen LogP) is 4.11. The van der Waals surface area contributed by atoms with Crippen molar-refractivity contribution in [2.24, 2.45) is 0 Å². The minimum Gasteiger partial charge on any atom is -0.493 e. The second-order valence-corrected chi connectivity index (χ2v) is 4.98. The number of hydrogen-bond donors (Lipinski definition) is 1. The van der Waals surface area contributed by atoms with Gasteiger partial charge in [0.05, 0.1) is 19.4 Å². The van der Waals surface area contributed by atoms with Gasteiger partial charge in [-0.15, -0.1) is 0 Å². The number of rotatable bonds is 6. The first-order chi connectivity index (χ1) is 11.4. The summed E-state index contributed by atoms with van der Waals surface area (Å²) < 4.78 is 39.5. The van der Waals surface area contributed by atoms with Gasteiger partial charge in [0.25, 0.3) is 0 Å². The molecule has 2 rings (SSSR count). The minimum atomic E-state index is -2.99. The largest absolute Gasteiger partial charge is 0.493 e. The van der Waals surface area contributed by atoms with Crippen LogP contribution in [-0.2, 0) is 0 Å². The fourth-order valence-corrected chi connectivity index (χ4v) is 2.05. The maximum Gasteiger partial charge on any atom is 0.387 e. The molecule has 2 aromatic rings. The summed E-state index contributed by atoms with van der Waals surface area (Å²) in [6.45, 7) is -1.19. The van der Waals surface area contributed by atoms with Crippen LogP contribution in [0, 0.1) is 0 Å². The first-order valence-electron chi connectivity index (χ1n) is 7.12. The third-order valence-corrected chi connectivity index (χ3v) is 3.49. The Bertz CT molecular complexity index is 677. The van der Waals surface area contributed by atoms with Crippen LogP contribution >= 0.6 is 0 Å². The standard InChI is InChI=1S/C16H18F2N2O4/c1-10(12-5-4-8-23-12)20(2)16(21)19-11-6-7-13(22-3)14(9-11)24-15(17)18/h4-10,15H,1-3H3,(H,19,21). The molecule has 0 spiro atoms. The number of alkyl halides is 2. The SMILES string of the molecule is COc1ccc(NC(=O)N(C)C(C)c2ccco2)cc1OC(F)F. The van der Waals surface area contributed by atoms with E-state index >= 15 is 0 Å². The molecule has 0 saturated heterocycles. The molecule has 24 heavy (non-hydrogen) atoms. The lowest BCUT2D eigenvalue weighted by Crippen LogP contribution is -2.33. The molecule has 0 aliphatic heterocycles. The number of furan rings is 1. The van der Waals surface area contributed by atoms with E-state index in [0.717, 1.165) is 0 Å². The molecule has 0 aliphatic rings. The number of nitrogens with zero attached hydrogens (tertiary/aromatic N) is 1. The van der Waals surface area contributed by atoms with E-state index in [2.05, 4.69) is 10.1 Å². The number of carbonyl (C=O) groups excluding carboxylic acids is 1. The number of halogens is 2. The van der Waals surface area contributed by atoms with Gasteiger partial charge < -0.3 is 24.1 Å². The van der Waals surface area contributed by atoms with Gasteiger partial charge in [-0.05, 0) is 31.2 Å². The highest BCUT2D eigenvalue weighted by Gasteiger charge is 2.20. The lowest BCUT2D eigenvalue weighted by atomic mass is 10.2. The normalized spacial score (nSPS) is 11.9. The first-order valence-corrected chi connectivity index (χ1v) is 7.12. The molecule has 0 aliphatic carbocycles. The average molecular weight is 340 g/mol. The fraction of sp³-hybridized carbons (Fsp3) is 0.312. The lowest BCUT2D eigenvalue weighted by molar-refractivity contribution is -0.0511. The van der Waals surface area contributed by atoms with E-state index in [0.29, 0.717) is 11.4 Å². The Morgan fingerprint density at radius 3 is 2.62 bits per heavy atom. The second-order valence-electron chi connectivity index (χ2n) is 4.98. The van der Waals surface area contributed by atoms with Crippen molar-refractivity contribution in [1.82, 2.24) is 4.90 Å². The highest BCUT2D eigenvalue weighted by Crippen LogP contribution is 2.31. The monoisotopic (exact) mass is 340 g/mol. The van der Waals surface area contributed by atoms with Gasteiger partial charge >= 0.3 is 12.6 Å². The molecule has 130 valence electrons. The van der Waals surface area contributed by atoms with Crippen LogP contribution in [0.25, 0.3) is 0 Å². The minimum absolute atomic E-state index is 0.144. The molecule has 0 radical (unpaired) electrons. The Morgan fingerprint density at radius 2 is 2.04 bits per heavy atom. The maximum absolute atomic E-state index is 12.4. The zero-order valence-electron chi connectivity index (χ0n) is 13.5. The van der Waals surface area contributed by atoms with E-state index in [1.54, 1.807) is 26.1 Å².